The molecule has 0 atom stereocenters. The predicted octanol–water partition coefficient (Wildman–Crippen LogP) is 4.01. The average molecular weight is 336 g/mol. The Morgan fingerprint density at radius 1 is 1.09 bits per heavy atom. The molecular weight excluding hydrogens is 318 g/mol. The second kappa shape index (κ2) is 7.74. The molecule has 0 fully saturated rings. The van der Waals surface area contributed by atoms with Crippen molar-refractivity contribution in [2.45, 2.75) is 6.92 Å². The van der Waals surface area contributed by atoms with Crippen molar-refractivity contribution in [3.8, 4) is 17.2 Å². The molecule has 0 spiro atoms. The molecule has 0 aromatic heterocycles. The molecular formula is C17H18ClNO4. The third-order valence-corrected chi connectivity index (χ3v) is 3.47. The number of methoxy groups -OCH3 is 2. The van der Waals surface area contributed by atoms with Gasteiger partial charge < -0.3 is 19.5 Å². The van der Waals surface area contributed by atoms with Gasteiger partial charge in [-0.25, -0.2) is 0 Å². The van der Waals surface area contributed by atoms with Crippen LogP contribution in [0.5, 0.6) is 17.2 Å². The van der Waals surface area contributed by atoms with Gasteiger partial charge in [0.2, 0.25) is 0 Å². The second-order valence-electron chi connectivity index (χ2n) is 4.57. The number of anilines is 1. The molecule has 1 amide bonds. The molecule has 122 valence electrons. The summed E-state index contributed by atoms with van der Waals surface area (Å²) in [4.78, 5) is 12.5. The summed E-state index contributed by atoms with van der Waals surface area (Å²) in [6.45, 7) is 2.33. The first-order valence-electron chi connectivity index (χ1n) is 7.05. The minimum Gasteiger partial charge on any atom is -0.493 e. The van der Waals surface area contributed by atoms with Crippen molar-refractivity contribution in [1.29, 1.82) is 0 Å². The molecule has 0 bridgehead atoms. The van der Waals surface area contributed by atoms with Crippen LogP contribution in [-0.4, -0.2) is 26.7 Å². The SMILES string of the molecule is CCOc1ccccc1C(=O)Nc1cc(OC)c(OC)cc1Cl. The summed E-state index contributed by atoms with van der Waals surface area (Å²) in [6.07, 6.45) is 0. The maximum Gasteiger partial charge on any atom is 0.259 e. The number of halogens is 1. The molecule has 0 heterocycles. The molecule has 5 nitrogen and oxygen atoms in total. The van der Waals surface area contributed by atoms with Gasteiger partial charge in [0.05, 0.1) is 37.1 Å². The van der Waals surface area contributed by atoms with Gasteiger partial charge in [0.1, 0.15) is 5.75 Å². The lowest BCUT2D eigenvalue weighted by molar-refractivity contribution is 0.102. The van der Waals surface area contributed by atoms with E-state index in [0.717, 1.165) is 0 Å². The Kier molecular flexibility index (Phi) is 5.71. The molecule has 23 heavy (non-hydrogen) atoms. The van der Waals surface area contributed by atoms with E-state index in [0.29, 0.717) is 40.1 Å². The third-order valence-electron chi connectivity index (χ3n) is 3.15. The number of rotatable bonds is 6. The van der Waals surface area contributed by atoms with Crippen molar-refractivity contribution in [2.75, 3.05) is 26.1 Å². The van der Waals surface area contributed by atoms with Crippen LogP contribution in [0.25, 0.3) is 0 Å². The molecule has 0 unspecified atom stereocenters. The van der Waals surface area contributed by atoms with Gasteiger partial charge in [0.15, 0.2) is 11.5 Å². The van der Waals surface area contributed by atoms with E-state index in [9.17, 15) is 4.79 Å². The van der Waals surface area contributed by atoms with Gasteiger partial charge in [-0.3, -0.25) is 4.79 Å². The smallest absolute Gasteiger partial charge is 0.259 e. The second-order valence-corrected chi connectivity index (χ2v) is 4.98. The lowest BCUT2D eigenvalue weighted by Gasteiger charge is -2.14. The fourth-order valence-corrected chi connectivity index (χ4v) is 2.28. The monoisotopic (exact) mass is 335 g/mol. The van der Waals surface area contributed by atoms with Crippen molar-refractivity contribution in [2.24, 2.45) is 0 Å². The maximum absolute atomic E-state index is 12.5. The molecule has 0 radical (unpaired) electrons. The highest BCUT2D eigenvalue weighted by atomic mass is 35.5. The molecule has 6 heteroatoms. The molecule has 0 aliphatic carbocycles. The van der Waals surface area contributed by atoms with Crippen LogP contribution in [0.3, 0.4) is 0 Å². The minimum absolute atomic E-state index is 0.317. The number of amides is 1. The predicted molar refractivity (Wildman–Crippen MR) is 90.1 cm³/mol. The highest BCUT2D eigenvalue weighted by Crippen LogP contribution is 2.36. The molecule has 2 aromatic carbocycles. The van der Waals surface area contributed by atoms with Crippen LogP contribution in [0.15, 0.2) is 36.4 Å². The van der Waals surface area contributed by atoms with Crippen LogP contribution in [0, 0.1) is 0 Å². The first-order valence-corrected chi connectivity index (χ1v) is 7.43. The number of nitrogens with one attached hydrogen (secondary N) is 1. The van der Waals surface area contributed by atoms with E-state index in [1.165, 1.54) is 14.2 Å². The number of ether oxygens (including phenoxy) is 3. The first kappa shape index (κ1) is 17.0. The van der Waals surface area contributed by atoms with E-state index in [1.807, 2.05) is 13.0 Å². The first-order chi connectivity index (χ1) is 11.1. The number of benzene rings is 2. The van der Waals surface area contributed by atoms with Gasteiger partial charge in [0.25, 0.3) is 5.91 Å². The van der Waals surface area contributed by atoms with Crippen LogP contribution in [0.4, 0.5) is 5.69 Å². The summed E-state index contributed by atoms with van der Waals surface area (Å²) < 4.78 is 15.9. The third kappa shape index (κ3) is 3.87. The normalized spacial score (nSPS) is 10.1. The standard InChI is InChI=1S/C17H18ClNO4/c1-4-23-14-8-6-5-7-11(14)17(20)19-13-10-16(22-3)15(21-2)9-12(13)18/h5-10H,4H2,1-3H3,(H,19,20). The van der Waals surface area contributed by atoms with E-state index >= 15 is 0 Å². The van der Waals surface area contributed by atoms with Crippen LogP contribution >= 0.6 is 11.6 Å². The molecule has 0 aliphatic rings. The maximum atomic E-state index is 12.5. The summed E-state index contributed by atoms with van der Waals surface area (Å²) in [5.41, 5.74) is 0.862. The lowest BCUT2D eigenvalue weighted by atomic mass is 10.1. The summed E-state index contributed by atoms with van der Waals surface area (Å²) >= 11 is 6.19. The number of hydrogen-bond donors (Lipinski definition) is 1. The fourth-order valence-electron chi connectivity index (χ4n) is 2.08. The minimum atomic E-state index is -0.317. The van der Waals surface area contributed by atoms with Crippen molar-refractivity contribution >= 4 is 23.2 Å². The van der Waals surface area contributed by atoms with E-state index in [2.05, 4.69) is 5.32 Å². The van der Waals surface area contributed by atoms with Gasteiger partial charge in [-0.2, -0.15) is 0 Å². The van der Waals surface area contributed by atoms with E-state index in [4.69, 9.17) is 25.8 Å². The fraction of sp³-hybridized carbons (Fsp3) is 0.235. The van der Waals surface area contributed by atoms with E-state index in [-0.39, 0.29) is 5.91 Å². The molecule has 0 saturated carbocycles. The van der Waals surface area contributed by atoms with Crippen LogP contribution in [0.1, 0.15) is 17.3 Å². The van der Waals surface area contributed by atoms with Gasteiger partial charge in [-0.05, 0) is 19.1 Å². The summed E-state index contributed by atoms with van der Waals surface area (Å²) in [5, 5.41) is 3.12. The Balaban J connectivity index is 2.30. The molecule has 0 saturated heterocycles. The Morgan fingerprint density at radius 2 is 1.74 bits per heavy atom. The lowest BCUT2D eigenvalue weighted by Crippen LogP contribution is -2.14. The number of para-hydroxylation sites is 1. The Bertz CT molecular complexity index is 703. The van der Waals surface area contributed by atoms with Gasteiger partial charge in [-0.1, -0.05) is 23.7 Å². The molecule has 1 N–H and O–H groups in total. The van der Waals surface area contributed by atoms with Crippen LogP contribution < -0.4 is 19.5 Å². The number of carbonyl (C=O) groups excluding carboxylic acids is 1. The summed E-state index contributed by atoms with van der Waals surface area (Å²) in [6, 6.07) is 10.2. The quantitative estimate of drug-likeness (QED) is 0.866. The van der Waals surface area contributed by atoms with Crippen molar-refractivity contribution in [1.82, 2.24) is 0 Å². The van der Waals surface area contributed by atoms with Crippen LogP contribution in [0.2, 0.25) is 5.02 Å². The Hall–Kier alpha value is -2.40. The van der Waals surface area contributed by atoms with Crippen LogP contribution in [-0.2, 0) is 0 Å². The van der Waals surface area contributed by atoms with Crippen molar-refractivity contribution in [3.63, 3.8) is 0 Å². The Morgan fingerprint density at radius 3 is 2.39 bits per heavy atom. The number of carbonyl (C=O) groups is 1. The van der Waals surface area contributed by atoms with Crippen molar-refractivity contribution in [3.05, 3.63) is 47.0 Å². The molecule has 0 aliphatic heterocycles. The summed E-state index contributed by atoms with van der Waals surface area (Å²) in [5.74, 6) is 1.17. The largest absolute Gasteiger partial charge is 0.493 e. The molecule has 2 aromatic rings. The van der Waals surface area contributed by atoms with Gasteiger partial charge in [-0.15, -0.1) is 0 Å². The topological polar surface area (TPSA) is 56.8 Å². The summed E-state index contributed by atoms with van der Waals surface area (Å²) in [7, 11) is 3.03. The van der Waals surface area contributed by atoms with Gasteiger partial charge in [0, 0.05) is 12.1 Å². The number of hydrogen-bond acceptors (Lipinski definition) is 4. The molecule has 2 rings (SSSR count). The average Bonchev–Trinajstić information content (AvgIpc) is 2.57. The van der Waals surface area contributed by atoms with Crippen molar-refractivity contribution < 1.29 is 19.0 Å². The zero-order valence-corrected chi connectivity index (χ0v) is 13.9. The highest BCUT2D eigenvalue weighted by molar-refractivity contribution is 6.34. The van der Waals surface area contributed by atoms with E-state index < -0.39 is 0 Å². The Labute approximate surface area is 140 Å². The zero-order valence-electron chi connectivity index (χ0n) is 13.2. The van der Waals surface area contributed by atoms with Gasteiger partial charge >= 0.3 is 0 Å². The van der Waals surface area contributed by atoms with E-state index in [1.54, 1.807) is 30.3 Å². The zero-order chi connectivity index (χ0) is 16.8. The highest BCUT2D eigenvalue weighted by Gasteiger charge is 2.16.